The topological polar surface area (TPSA) is 668 Å². The predicted molar refractivity (Wildman–Crippen MR) is 442 cm³/mol. The molecule has 0 aromatic carbocycles. The van der Waals surface area contributed by atoms with Crippen molar-refractivity contribution in [2.45, 2.75) is 216 Å². The molecule has 1 aromatic rings. The van der Waals surface area contributed by atoms with Gasteiger partial charge in [-0.15, -0.1) is 5.10 Å². The second-order valence-corrected chi connectivity index (χ2v) is 31.9. The Labute approximate surface area is 743 Å². The summed E-state index contributed by atoms with van der Waals surface area (Å²) < 4.78 is 100. The SMILES string of the molecule is CC(=O)NC1C(O)[C@H](O)C(CO)O[C@@H]1OCCOCCOCCN/C=C(\N)COCC(COC/C(=C/NCCOCCOCCO[C@H]1OC(CO)[C@@H](O)C(O)C1NC(C)=O)N=N)(COCc1cn(CCOCCOCCO[C@H]2OC(CO)[C@@H](O)C(O)C2NC(C)=O)nn1)NC(=O)CCNC(=O)CCC(C)(C)OCCC(C)(C)OCCNC(=O)CCN1C(=O)CC(C)C1=O. The number of carbonyl (C=O) groups excluding carboxylic acids is 8. The first-order chi connectivity index (χ1) is 61.1. The molecule has 4 aliphatic rings. The summed E-state index contributed by atoms with van der Waals surface area (Å²) in [4.78, 5) is 101. The molecule has 49 nitrogen and oxygen atoms in total. The van der Waals surface area contributed by atoms with Gasteiger partial charge in [0.25, 0.3) is 0 Å². The van der Waals surface area contributed by atoms with Crippen molar-refractivity contribution in [3.63, 3.8) is 0 Å². The molecule has 49 heteroatoms. The number of nitrogens with two attached hydrogens (primary N) is 1. The number of nitrogens with one attached hydrogen (secondary N) is 9. The van der Waals surface area contributed by atoms with Crippen molar-refractivity contribution in [2.24, 2.45) is 16.8 Å². The quantitative estimate of drug-likeness (QED) is 0.0164. The fourth-order valence-electron chi connectivity index (χ4n) is 13.0. The summed E-state index contributed by atoms with van der Waals surface area (Å²) in [6, 6.07) is -3.33. The molecule has 4 fully saturated rings. The Bertz CT molecular complexity index is 3490. The number of likely N-dealkylation sites (tertiary alicyclic amines) is 1. The molecule has 1 aromatic heterocycles. The number of imide groups is 1. The van der Waals surface area contributed by atoms with E-state index in [1.165, 1.54) is 37.9 Å². The third kappa shape index (κ3) is 42.4. The van der Waals surface area contributed by atoms with E-state index in [0.717, 1.165) is 4.90 Å². The molecule has 128 heavy (non-hydrogen) atoms. The van der Waals surface area contributed by atoms with E-state index < -0.39 is 158 Å². The summed E-state index contributed by atoms with van der Waals surface area (Å²) in [7, 11) is 0. The molecule has 0 spiro atoms. The summed E-state index contributed by atoms with van der Waals surface area (Å²) in [5.74, 6) is -3.70. The molecule has 11 unspecified atom stereocenters. The zero-order valence-electron chi connectivity index (χ0n) is 74.4. The first-order valence-corrected chi connectivity index (χ1v) is 42.7. The van der Waals surface area contributed by atoms with Gasteiger partial charge in [0.1, 0.15) is 90.0 Å². The van der Waals surface area contributed by atoms with Gasteiger partial charge in [-0.25, -0.2) is 10.2 Å². The maximum Gasteiger partial charge on any atom is 0.232 e. The summed E-state index contributed by atoms with van der Waals surface area (Å²) >= 11 is 0. The van der Waals surface area contributed by atoms with Crippen LogP contribution >= 0.6 is 0 Å². The van der Waals surface area contributed by atoms with Crippen LogP contribution in [0.4, 0.5) is 0 Å². The molecule has 0 saturated carbocycles. The van der Waals surface area contributed by atoms with Crippen molar-refractivity contribution in [1.82, 2.24) is 62.4 Å². The molecule has 0 bridgehead atoms. The predicted octanol–water partition coefficient (Wildman–Crippen LogP) is -7.32. The summed E-state index contributed by atoms with van der Waals surface area (Å²) in [6.07, 6.45) is -10.5. The Hall–Kier alpha value is -7.46. The number of aliphatic hydroxyl groups excluding tert-OH is 9. The van der Waals surface area contributed by atoms with E-state index >= 15 is 0 Å². The second-order valence-electron chi connectivity index (χ2n) is 31.9. The van der Waals surface area contributed by atoms with E-state index in [1.54, 1.807) is 13.1 Å². The third-order valence-corrected chi connectivity index (χ3v) is 20.0. The van der Waals surface area contributed by atoms with Crippen LogP contribution in [0.25, 0.3) is 0 Å². The number of ether oxygens (including phenoxy) is 17. The lowest BCUT2D eigenvalue weighted by atomic mass is 9.97. The molecular formula is C79H139N15O34. The minimum atomic E-state index is -1.54. The minimum Gasteiger partial charge on any atom is -0.399 e. The van der Waals surface area contributed by atoms with E-state index in [4.69, 9.17) is 91.8 Å². The average molecular weight is 1840 g/mol. The normalized spacial score (nSPS) is 24.6. The zero-order valence-corrected chi connectivity index (χ0v) is 74.4. The highest BCUT2D eigenvalue weighted by Crippen LogP contribution is 2.27. The number of hydrogen-bond acceptors (Lipinski definition) is 41. The van der Waals surface area contributed by atoms with Crippen LogP contribution < -0.4 is 48.3 Å². The Kier molecular flexibility index (Phi) is 52.5. The maximum absolute atomic E-state index is 14.3. The molecule has 0 radical (unpaired) electrons. The Morgan fingerprint density at radius 3 is 1.44 bits per heavy atom. The van der Waals surface area contributed by atoms with Gasteiger partial charge in [-0.2, -0.15) is 5.11 Å². The molecule has 8 amide bonds. The van der Waals surface area contributed by atoms with Gasteiger partial charge in [-0.3, -0.25) is 43.3 Å². The van der Waals surface area contributed by atoms with Crippen LogP contribution in [-0.4, -0.2) is 420 Å². The number of aromatic nitrogens is 3. The molecular weight excluding hydrogens is 1700 g/mol. The number of aliphatic hydroxyl groups is 9. The lowest BCUT2D eigenvalue weighted by molar-refractivity contribution is -0.272. The molecule has 5 rings (SSSR count). The Morgan fingerprint density at radius 1 is 0.523 bits per heavy atom. The Morgan fingerprint density at radius 2 is 0.961 bits per heavy atom. The summed E-state index contributed by atoms with van der Waals surface area (Å²) in [5.41, 5.74) is 12.2. The van der Waals surface area contributed by atoms with Crippen LogP contribution in [-0.2, 0) is 132 Å². The van der Waals surface area contributed by atoms with Crippen LogP contribution in [0.5, 0.6) is 0 Å². The fraction of sp³-hybridized carbons (Fsp3) is 0.823. The van der Waals surface area contributed by atoms with E-state index in [2.05, 4.69) is 58.0 Å². The molecule has 4 aliphatic heterocycles. The lowest BCUT2D eigenvalue weighted by Crippen LogP contribution is -2.64. The third-order valence-electron chi connectivity index (χ3n) is 20.0. The first kappa shape index (κ1) is 111. The van der Waals surface area contributed by atoms with Crippen LogP contribution in [0.15, 0.2) is 35.1 Å². The van der Waals surface area contributed by atoms with Crippen LogP contribution in [0.1, 0.15) is 99.6 Å². The number of rotatable bonds is 69. The van der Waals surface area contributed by atoms with Crippen molar-refractivity contribution in [3.8, 4) is 0 Å². The largest absolute Gasteiger partial charge is 0.399 e. The van der Waals surface area contributed by atoms with Gasteiger partial charge in [0, 0.05) is 97.5 Å². The van der Waals surface area contributed by atoms with Crippen molar-refractivity contribution in [3.05, 3.63) is 35.7 Å². The summed E-state index contributed by atoms with van der Waals surface area (Å²) in [6.45, 7) is 12.5. The van der Waals surface area contributed by atoms with Gasteiger partial charge >= 0.3 is 0 Å². The van der Waals surface area contributed by atoms with Gasteiger partial charge in [0.2, 0.25) is 47.3 Å². The van der Waals surface area contributed by atoms with E-state index in [0.29, 0.717) is 25.1 Å². The smallest absolute Gasteiger partial charge is 0.232 e. The van der Waals surface area contributed by atoms with E-state index in [-0.39, 0.29) is 245 Å². The van der Waals surface area contributed by atoms with Crippen molar-refractivity contribution in [2.75, 3.05) is 198 Å². The van der Waals surface area contributed by atoms with Crippen molar-refractivity contribution < 1.29 is 165 Å². The number of carbonyl (C=O) groups is 8. The molecule has 5 heterocycles. The maximum atomic E-state index is 14.3. The number of amides is 8. The van der Waals surface area contributed by atoms with Gasteiger partial charge in [-0.05, 0) is 40.5 Å². The monoisotopic (exact) mass is 1840 g/mol. The van der Waals surface area contributed by atoms with Crippen LogP contribution in [0, 0.1) is 11.4 Å². The van der Waals surface area contributed by atoms with E-state index in [1.807, 2.05) is 27.7 Å². The van der Waals surface area contributed by atoms with Crippen LogP contribution in [0.2, 0.25) is 0 Å². The summed E-state index contributed by atoms with van der Waals surface area (Å²) in [5, 5.41) is 126. The van der Waals surface area contributed by atoms with Crippen LogP contribution in [0.3, 0.4) is 0 Å². The van der Waals surface area contributed by atoms with Gasteiger partial charge in [0.15, 0.2) is 18.9 Å². The standard InChI is InChI=1S/C79H139N15O34/c1-50-37-63(104)94(73(50)111)18-11-61(102)85-17-23-125-78(7,8)13-20-124-77(5,6)12-9-60(101)84-14-10-62(103)89-79(47-118-44-54(80)38-82-15-21-112-25-28-115-31-34-121-74-64(86-51(2)98)70(108)67(105)57(41-95)126-74,48-119-45-55(90-81)39-83-16-22-113-26-29-116-32-35-122-75-65(87-52(3)99)71(109)68(106)58(42-96)127-75)49-120-46-56-40-93(92-91-56)19-24-114-27-30-117-33-36-123-76-66(88-53(4)100)72(110)69(107)59(43-97)128-76/h38-40,50,57-59,64-72,74-76,81-83,95-97,105-110H,9-37,41-49,80H2,1-8H3,(H,84,101)(H,85,102)(H,86,98)(H,87,99)(H,88,100)(H,89,103)/b54-38-,55-39-,90-81?/t50?,57?,58?,59?,64?,65?,66?,67-,68-,69-,70?,71?,72?,74+,75+,76+,79?/m1/s1. The van der Waals surface area contributed by atoms with E-state index in [9.17, 15) is 84.3 Å². The molecule has 4 saturated heterocycles. The van der Waals surface area contributed by atoms with Gasteiger partial charge in [0.05, 0.1) is 201 Å². The highest BCUT2D eigenvalue weighted by Gasteiger charge is 2.49. The molecule has 17 atom stereocenters. The second kappa shape index (κ2) is 60.6. The van der Waals surface area contributed by atoms with Gasteiger partial charge < -0.3 is 175 Å². The first-order valence-electron chi connectivity index (χ1n) is 42.7. The van der Waals surface area contributed by atoms with Crippen molar-refractivity contribution in [1.29, 1.82) is 5.53 Å². The highest BCUT2D eigenvalue weighted by molar-refractivity contribution is 6.03. The Balaban J connectivity index is 1.18. The molecule has 0 aliphatic carbocycles. The molecule has 20 N–H and O–H groups in total. The fourth-order valence-corrected chi connectivity index (χ4v) is 13.0. The molecule has 734 valence electrons. The van der Waals surface area contributed by atoms with Crippen molar-refractivity contribution >= 4 is 47.3 Å². The van der Waals surface area contributed by atoms with Gasteiger partial charge in [-0.1, -0.05) is 12.1 Å². The number of nitrogens with zero attached hydrogens (tertiary/aromatic N) is 5. The zero-order chi connectivity index (χ0) is 94.0. The highest BCUT2D eigenvalue weighted by atomic mass is 16.7. The lowest BCUT2D eigenvalue weighted by Gasteiger charge is -2.42. The average Bonchev–Trinajstić information content (AvgIpc) is 1.00. The minimum absolute atomic E-state index is 0.0143. The number of hydrogen-bond donors (Lipinski definition) is 19.